The molecule has 0 aliphatic carbocycles. The van der Waals surface area contributed by atoms with Gasteiger partial charge in [-0.3, -0.25) is 14.4 Å². The number of halogens is 1. The largest absolute Gasteiger partial charge is 0.444 e. The van der Waals surface area contributed by atoms with E-state index >= 15 is 0 Å². The fourth-order valence-corrected chi connectivity index (χ4v) is 4.15. The van der Waals surface area contributed by atoms with Crippen molar-refractivity contribution in [3.05, 3.63) is 48.2 Å². The van der Waals surface area contributed by atoms with Crippen molar-refractivity contribution >= 4 is 29.3 Å². The molecule has 2 N–H and O–H groups in total. The molecule has 1 atom stereocenters. The van der Waals surface area contributed by atoms with Crippen molar-refractivity contribution in [2.24, 2.45) is 0 Å². The molecule has 1 aliphatic rings. The third kappa shape index (κ3) is 6.27. The molecule has 2 aromatic heterocycles. The number of aromatic nitrogens is 4. The van der Waals surface area contributed by atoms with Crippen molar-refractivity contribution in [1.29, 1.82) is 0 Å². The summed E-state index contributed by atoms with van der Waals surface area (Å²) in [6, 6.07) is 3.85. The van der Waals surface area contributed by atoms with Crippen LogP contribution in [-0.2, 0) is 9.53 Å². The number of ether oxygens (including phenoxy) is 1. The molecular formula is C27H34FN7O3. The summed E-state index contributed by atoms with van der Waals surface area (Å²) in [5, 5.41) is 10.0. The molecule has 10 nitrogen and oxygen atoms in total. The summed E-state index contributed by atoms with van der Waals surface area (Å²) in [4.78, 5) is 35.7. The summed E-state index contributed by atoms with van der Waals surface area (Å²) in [5.41, 5.74) is 2.24. The van der Waals surface area contributed by atoms with E-state index in [0.29, 0.717) is 31.0 Å². The average molecular weight is 524 g/mol. The first-order chi connectivity index (χ1) is 17.9. The fourth-order valence-electron chi connectivity index (χ4n) is 4.15. The first-order valence-electron chi connectivity index (χ1n) is 12.7. The number of nitrogens with zero attached hydrogens (tertiary/aromatic N) is 5. The van der Waals surface area contributed by atoms with Gasteiger partial charge >= 0.3 is 6.09 Å². The third-order valence-electron chi connectivity index (χ3n) is 6.04. The van der Waals surface area contributed by atoms with E-state index in [1.165, 1.54) is 17.0 Å². The van der Waals surface area contributed by atoms with Crippen LogP contribution in [-0.4, -0.2) is 54.8 Å². The maximum Gasteiger partial charge on any atom is 0.410 e. The van der Waals surface area contributed by atoms with E-state index in [4.69, 9.17) is 4.74 Å². The second-order valence-electron chi connectivity index (χ2n) is 10.7. The number of likely N-dealkylation sites (tertiary alicyclic amines) is 1. The number of carbonyl (C=O) groups is 2. The molecule has 2 amide bonds. The van der Waals surface area contributed by atoms with Crippen molar-refractivity contribution in [3.8, 4) is 11.3 Å². The van der Waals surface area contributed by atoms with Gasteiger partial charge in [-0.1, -0.05) is 0 Å². The van der Waals surface area contributed by atoms with Crippen molar-refractivity contribution in [1.82, 2.24) is 24.6 Å². The molecule has 0 spiro atoms. The molecule has 0 unspecified atom stereocenters. The second kappa shape index (κ2) is 10.8. The molecule has 0 bridgehead atoms. The Labute approximate surface area is 221 Å². The van der Waals surface area contributed by atoms with E-state index in [1.807, 2.05) is 31.6 Å². The summed E-state index contributed by atoms with van der Waals surface area (Å²) >= 11 is 0. The maximum absolute atomic E-state index is 15.0. The predicted molar refractivity (Wildman–Crippen MR) is 143 cm³/mol. The number of hydrogen-bond acceptors (Lipinski definition) is 7. The van der Waals surface area contributed by atoms with Gasteiger partial charge in [-0.2, -0.15) is 5.10 Å². The van der Waals surface area contributed by atoms with Gasteiger partial charge in [0.15, 0.2) is 0 Å². The van der Waals surface area contributed by atoms with Crippen LogP contribution < -0.4 is 10.6 Å². The number of rotatable bonds is 6. The van der Waals surface area contributed by atoms with Crippen LogP contribution in [0.1, 0.15) is 59.1 Å². The highest BCUT2D eigenvalue weighted by Gasteiger charge is 2.36. The monoisotopic (exact) mass is 523 g/mol. The fraction of sp³-hybridized carbons (Fsp3) is 0.444. The van der Waals surface area contributed by atoms with Crippen LogP contribution >= 0.6 is 0 Å². The van der Waals surface area contributed by atoms with Gasteiger partial charge in [0.25, 0.3) is 0 Å². The van der Waals surface area contributed by atoms with Crippen LogP contribution in [0.3, 0.4) is 0 Å². The summed E-state index contributed by atoms with van der Waals surface area (Å²) in [7, 11) is 0. The zero-order chi connectivity index (χ0) is 27.6. The van der Waals surface area contributed by atoms with Gasteiger partial charge in [0.05, 0.1) is 17.6 Å². The summed E-state index contributed by atoms with van der Waals surface area (Å²) < 4.78 is 22.2. The van der Waals surface area contributed by atoms with E-state index in [0.717, 1.165) is 16.8 Å². The molecule has 1 aromatic carbocycles. The van der Waals surface area contributed by atoms with Crippen molar-refractivity contribution in [2.75, 3.05) is 17.2 Å². The Morgan fingerprint density at radius 3 is 2.63 bits per heavy atom. The maximum atomic E-state index is 15.0. The molecule has 0 radical (unpaired) electrons. The first-order valence-corrected chi connectivity index (χ1v) is 12.7. The van der Waals surface area contributed by atoms with Gasteiger partial charge in [-0.15, -0.1) is 0 Å². The lowest BCUT2D eigenvalue weighted by molar-refractivity contribution is -0.120. The molecule has 38 heavy (non-hydrogen) atoms. The summed E-state index contributed by atoms with van der Waals surface area (Å²) in [6.45, 7) is 11.7. The highest BCUT2D eigenvalue weighted by molar-refractivity contribution is 5.97. The summed E-state index contributed by atoms with van der Waals surface area (Å²) in [5.74, 6) is -0.782. The van der Waals surface area contributed by atoms with Crippen molar-refractivity contribution < 1.29 is 18.7 Å². The molecule has 3 heterocycles. The zero-order valence-corrected chi connectivity index (χ0v) is 22.6. The molecule has 1 fully saturated rings. The molecule has 4 rings (SSSR count). The van der Waals surface area contributed by atoms with Crippen LogP contribution in [0.4, 0.5) is 26.5 Å². The molecule has 0 saturated carbocycles. The molecule has 11 heteroatoms. The highest BCUT2D eigenvalue weighted by atomic mass is 19.1. The zero-order valence-electron chi connectivity index (χ0n) is 22.6. The molecule has 1 aliphatic heterocycles. The van der Waals surface area contributed by atoms with Crippen LogP contribution in [0.2, 0.25) is 0 Å². The number of hydrogen-bond donors (Lipinski definition) is 2. The Morgan fingerprint density at radius 1 is 1.21 bits per heavy atom. The number of benzene rings is 1. The predicted octanol–water partition coefficient (Wildman–Crippen LogP) is 5.45. The quantitative estimate of drug-likeness (QED) is 0.442. The summed E-state index contributed by atoms with van der Waals surface area (Å²) in [6.07, 6.45) is 5.97. The van der Waals surface area contributed by atoms with E-state index in [1.54, 1.807) is 39.2 Å². The van der Waals surface area contributed by atoms with Crippen molar-refractivity contribution in [3.63, 3.8) is 0 Å². The topological polar surface area (TPSA) is 114 Å². The van der Waals surface area contributed by atoms with E-state index in [-0.39, 0.29) is 11.7 Å². The van der Waals surface area contributed by atoms with Gasteiger partial charge in [0.1, 0.15) is 17.5 Å². The normalized spacial score (nSPS) is 15.6. The lowest BCUT2D eigenvalue weighted by atomic mass is 10.1. The molecule has 202 valence electrons. The number of nitrogens with one attached hydrogen (secondary N) is 2. The van der Waals surface area contributed by atoms with E-state index in [2.05, 4.69) is 25.7 Å². The average Bonchev–Trinajstić information content (AvgIpc) is 3.51. The van der Waals surface area contributed by atoms with E-state index in [9.17, 15) is 14.0 Å². The Balaban J connectivity index is 1.45. The minimum absolute atomic E-state index is 0.0169. The first kappa shape index (κ1) is 27.0. The Kier molecular flexibility index (Phi) is 7.66. The SMILES string of the molecule is Cc1cnc(Nc2ccc(NC(=O)[C@H]3CCCN3C(=O)OC(C)(C)C)c(F)c2)nc1-c1cnn(C(C)C)c1. The van der Waals surface area contributed by atoms with Crippen LogP contribution in [0.5, 0.6) is 0 Å². The molecule has 1 saturated heterocycles. The minimum atomic E-state index is -0.721. The van der Waals surface area contributed by atoms with Gasteiger partial charge in [-0.05, 0) is 78.1 Å². The second-order valence-corrected chi connectivity index (χ2v) is 10.7. The standard InChI is InChI=1S/C27H34FN7O3/c1-16(2)35-15-18(14-30-35)23-17(3)13-29-25(33-23)31-19-9-10-21(20(28)12-19)32-24(36)22-8-7-11-34(22)26(37)38-27(4,5)6/h9-10,12-16,22H,7-8,11H2,1-6H3,(H,32,36)(H,29,31,33)/t22-/m1/s1. The van der Waals surface area contributed by atoms with Crippen LogP contribution in [0.15, 0.2) is 36.8 Å². The van der Waals surface area contributed by atoms with Gasteiger partial charge in [0.2, 0.25) is 11.9 Å². The van der Waals surface area contributed by atoms with Gasteiger partial charge in [-0.25, -0.2) is 19.2 Å². The minimum Gasteiger partial charge on any atom is -0.444 e. The van der Waals surface area contributed by atoms with Crippen LogP contribution in [0, 0.1) is 12.7 Å². The lowest BCUT2D eigenvalue weighted by Crippen LogP contribution is -2.45. The lowest BCUT2D eigenvalue weighted by Gasteiger charge is -2.28. The Morgan fingerprint density at radius 2 is 1.97 bits per heavy atom. The van der Waals surface area contributed by atoms with Crippen molar-refractivity contribution in [2.45, 2.75) is 72.1 Å². The van der Waals surface area contributed by atoms with Gasteiger partial charge < -0.3 is 15.4 Å². The highest BCUT2D eigenvalue weighted by Crippen LogP contribution is 2.27. The molecular weight excluding hydrogens is 489 g/mol. The van der Waals surface area contributed by atoms with E-state index < -0.39 is 29.5 Å². The third-order valence-corrected chi connectivity index (χ3v) is 6.04. The van der Waals surface area contributed by atoms with Gasteiger partial charge in [0, 0.05) is 36.2 Å². The Hall–Kier alpha value is -4.02. The number of amides is 2. The molecule has 3 aromatic rings. The number of carbonyl (C=O) groups excluding carboxylic acids is 2. The number of aryl methyl sites for hydroxylation is 1. The van der Waals surface area contributed by atoms with Crippen LogP contribution in [0.25, 0.3) is 11.3 Å². The smallest absolute Gasteiger partial charge is 0.410 e. The number of anilines is 3. The Bertz CT molecular complexity index is 1330.